The Morgan fingerprint density at radius 1 is 1.00 bits per heavy atom. The topological polar surface area (TPSA) is 66.9 Å². The number of hydrogen-bond donors (Lipinski definition) is 0. The van der Waals surface area contributed by atoms with Crippen molar-refractivity contribution in [1.29, 1.82) is 0 Å². The van der Waals surface area contributed by atoms with E-state index >= 15 is 0 Å². The van der Waals surface area contributed by atoms with Crippen molar-refractivity contribution in [2.24, 2.45) is 0 Å². The quantitative estimate of drug-likeness (QED) is 0.615. The van der Waals surface area contributed by atoms with Crippen molar-refractivity contribution in [3.63, 3.8) is 0 Å². The van der Waals surface area contributed by atoms with Crippen LogP contribution in [0.3, 0.4) is 0 Å². The molecule has 0 fully saturated rings. The fourth-order valence-electron chi connectivity index (χ4n) is 2.87. The van der Waals surface area contributed by atoms with Gasteiger partial charge in [0.05, 0.1) is 11.1 Å². The molecule has 2 rings (SSSR count). The molecule has 0 saturated carbocycles. The highest BCUT2D eigenvalue weighted by molar-refractivity contribution is 7.55. The van der Waals surface area contributed by atoms with Gasteiger partial charge in [-0.1, -0.05) is 12.1 Å². The molecular weight excluding hydrogens is 303 g/mol. The van der Waals surface area contributed by atoms with Crippen LogP contribution in [0.25, 0.3) is 0 Å². The Morgan fingerprint density at radius 3 is 1.73 bits per heavy atom. The van der Waals surface area contributed by atoms with Crippen molar-refractivity contribution >= 4 is 19.5 Å². The first-order chi connectivity index (χ1) is 10.3. The predicted molar refractivity (Wildman–Crippen MR) is 83.7 cm³/mol. The molecule has 1 aliphatic heterocycles. The Balaban J connectivity index is 2.56. The van der Waals surface area contributed by atoms with Crippen LogP contribution in [0.2, 0.25) is 0 Å². The summed E-state index contributed by atoms with van der Waals surface area (Å²) in [6, 6.07) is 6.15. The highest BCUT2D eigenvalue weighted by Gasteiger charge is 2.51. The molecule has 1 heterocycles. The number of carbonyl (C=O) groups excluding carboxylic acids is 2. The number of carbonyl (C=O) groups is 2. The molecule has 0 N–H and O–H groups in total. The van der Waals surface area contributed by atoms with Gasteiger partial charge in [-0.05, 0) is 39.8 Å². The van der Waals surface area contributed by atoms with E-state index in [9.17, 15) is 14.2 Å². The molecule has 1 aromatic carbocycles. The summed E-state index contributed by atoms with van der Waals surface area (Å²) < 4.78 is 21.1. The summed E-state index contributed by atoms with van der Waals surface area (Å²) in [4.78, 5) is 25.2. The number of nitrogens with zero attached hydrogens (tertiary/aromatic N) is 2. The van der Waals surface area contributed by atoms with Crippen LogP contribution in [0.15, 0.2) is 24.3 Å². The zero-order chi connectivity index (χ0) is 16.7. The van der Waals surface area contributed by atoms with E-state index in [1.165, 1.54) is 7.11 Å². The third-order valence-electron chi connectivity index (χ3n) is 3.61. The molecule has 0 radical (unpaired) electrons. The van der Waals surface area contributed by atoms with Crippen molar-refractivity contribution < 1.29 is 18.7 Å². The molecule has 1 aliphatic rings. The van der Waals surface area contributed by atoms with Gasteiger partial charge in [-0.25, -0.2) is 9.24 Å². The van der Waals surface area contributed by atoms with Crippen molar-refractivity contribution in [2.75, 3.05) is 7.11 Å². The summed E-state index contributed by atoms with van der Waals surface area (Å²) in [5, 5.41) is 0. The third kappa shape index (κ3) is 2.41. The molecule has 0 aromatic heterocycles. The predicted octanol–water partition coefficient (Wildman–Crippen LogP) is 3.16. The third-order valence-corrected chi connectivity index (χ3v) is 6.47. The average Bonchev–Trinajstić information content (AvgIpc) is 2.71. The Bertz CT molecular complexity index is 614. The summed E-state index contributed by atoms with van der Waals surface area (Å²) in [7, 11) is -2.53. The van der Waals surface area contributed by atoms with E-state index in [-0.39, 0.29) is 23.2 Å². The van der Waals surface area contributed by atoms with Crippen molar-refractivity contribution in [3.8, 4) is 0 Å². The lowest BCUT2D eigenvalue weighted by atomic mass is 10.1. The maximum absolute atomic E-state index is 13.4. The van der Waals surface area contributed by atoms with E-state index in [0.29, 0.717) is 0 Å². The SMILES string of the molecule is COP(=O)(N1C(=O)c2ccccc2C1=O)N(C(C)C)C(C)C. The molecule has 0 spiro atoms. The fourth-order valence-corrected chi connectivity index (χ4v) is 5.27. The Kier molecular flexibility index (Phi) is 4.57. The number of benzene rings is 1. The summed E-state index contributed by atoms with van der Waals surface area (Å²) in [5.74, 6) is -1.14. The van der Waals surface area contributed by atoms with Gasteiger partial charge in [0.1, 0.15) is 0 Å². The number of rotatable bonds is 5. The van der Waals surface area contributed by atoms with E-state index in [2.05, 4.69) is 0 Å². The summed E-state index contributed by atoms with van der Waals surface area (Å²) in [6.07, 6.45) is 0. The Hall–Kier alpha value is -1.49. The van der Waals surface area contributed by atoms with E-state index in [1.807, 2.05) is 27.7 Å². The normalized spacial score (nSPS) is 17.5. The molecule has 1 aromatic rings. The first-order valence-corrected chi connectivity index (χ1v) is 8.71. The molecule has 1 atom stereocenters. The monoisotopic (exact) mass is 324 g/mol. The van der Waals surface area contributed by atoms with E-state index in [0.717, 1.165) is 4.67 Å². The number of fused-ring (bicyclic) bond motifs is 1. The largest absolute Gasteiger partial charge is 0.380 e. The molecule has 0 aliphatic carbocycles. The first-order valence-electron chi connectivity index (χ1n) is 7.18. The average molecular weight is 324 g/mol. The minimum absolute atomic E-state index is 0.157. The zero-order valence-corrected chi connectivity index (χ0v) is 14.3. The second-order valence-electron chi connectivity index (χ2n) is 5.71. The van der Waals surface area contributed by atoms with Gasteiger partial charge in [-0.3, -0.25) is 9.59 Å². The summed E-state index contributed by atoms with van der Waals surface area (Å²) >= 11 is 0. The van der Waals surface area contributed by atoms with Crippen LogP contribution < -0.4 is 0 Å². The van der Waals surface area contributed by atoms with Gasteiger partial charge in [-0.15, -0.1) is 0 Å². The van der Waals surface area contributed by atoms with Gasteiger partial charge in [0.2, 0.25) is 0 Å². The first kappa shape index (κ1) is 16.9. The maximum atomic E-state index is 13.4. The van der Waals surface area contributed by atoms with Gasteiger partial charge in [0.25, 0.3) is 11.8 Å². The lowest BCUT2D eigenvalue weighted by Gasteiger charge is -2.39. The van der Waals surface area contributed by atoms with Gasteiger partial charge in [0.15, 0.2) is 0 Å². The highest BCUT2D eigenvalue weighted by Crippen LogP contribution is 2.58. The zero-order valence-electron chi connectivity index (χ0n) is 13.4. The van der Waals surface area contributed by atoms with E-state index in [4.69, 9.17) is 4.52 Å². The van der Waals surface area contributed by atoms with Crippen LogP contribution in [-0.2, 0) is 9.09 Å². The molecule has 0 saturated heterocycles. The Morgan fingerprint density at radius 2 is 1.41 bits per heavy atom. The molecule has 1 unspecified atom stereocenters. The molecule has 22 heavy (non-hydrogen) atoms. The smallest absolute Gasteiger partial charge is 0.305 e. The lowest BCUT2D eigenvalue weighted by molar-refractivity contribution is 0.0716. The van der Waals surface area contributed by atoms with Crippen LogP contribution >= 0.6 is 7.67 Å². The number of hydrogen-bond acceptors (Lipinski definition) is 4. The van der Waals surface area contributed by atoms with E-state index < -0.39 is 19.5 Å². The van der Waals surface area contributed by atoms with Crippen LogP contribution in [0.4, 0.5) is 0 Å². The Labute approximate surface area is 130 Å². The second-order valence-corrected chi connectivity index (χ2v) is 7.92. The van der Waals surface area contributed by atoms with Crippen molar-refractivity contribution in [3.05, 3.63) is 35.4 Å². The van der Waals surface area contributed by atoms with E-state index in [1.54, 1.807) is 28.9 Å². The van der Waals surface area contributed by atoms with Crippen molar-refractivity contribution in [2.45, 2.75) is 39.8 Å². The van der Waals surface area contributed by atoms with Crippen LogP contribution in [-0.4, -0.2) is 40.3 Å². The van der Waals surface area contributed by atoms with Crippen LogP contribution in [0.5, 0.6) is 0 Å². The number of amides is 2. The molecule has 2 amide bonds. The van der Waals surface area contributed by atoms with Gasteiger partial charge in [0, 0.05) is 19.2 Å². The lowest BCUT2D eigenvalue weighted by Crippen LogP contribution is -2.42. The number of imide groups is 1. The molecular formula is C15H21N2O4P. The van der Waals surface area contributed by atoms with Gasteiger partial charge in [-0.2, -0.15) is 4.67 Å². The second kappa shape index (κ2) is 5.95. The molecule has 0 bridgehead atoms. The van der Waals surface area contributed by atoms with Gasteiger partial charge >= 0.3 is 7.67 Å². The van der Waals surface area contributed by atoms with Crippen molar-refractivity contribution in [1.82, 2.24) is 9.34 Å². The van der Waals surface area contributed by atoms with Crippen LogP contribution in [0.1, 0.15) is 48.4 Å². The minimum Gasteiger partial charge on any atom is -0.305 e. The molecule has 120 valence electrons. The molecule has 7 heteroatoms. The highest BCUT2D eigenvalue weighted by atomic mass is 31.2. The molecule has 6 nitrogen and oxygen atoms in total. The fraction of sp³-hybridized carbons (Fsp3) is 0.467. The minimum atomic E-state index is -3.80. The van der Waals surface area contributed by atoms with Crippen LogP contribution in [0, 0.1) is 0 Å². The maximum Gasteiger partial charge on any atom is 0.380 e. The summed E-state index contributed by atoms with van der Waals surface area (Å²) in [5.41, 5.74) is 0.523. The summed E-state index contributed by atoms with van der Waals surface area (Å²) in [6.45, 7) is 7.40. The van der Waals surface area contributed by atoms with Gasteiger partial charge < -0.3 is 4.52 Å². The standard InChI is InChI=1S/C15H21N2O4P/c1-10(2)16(11(3)4)22(20,21-5)17-14(18)12-8-6-7-9-13(12)15(17)19/h6-11H,1-5H3.